The van der Waals surface area contributed by atoms with Crippen LogP contribution in [-0.2, 0) is 10.1 Å². The smallest absolute Gasteiger partial charge is 0.279 e. The number of aliphatic imine (C=N–C) groups is 1. The first-order valence-electron chi connectivity index (χ1n) is 2.47. The van der Waals surface area contributed by atoms with Gasteiger partial charge in [-0.15, -0.1) is 0 Å². The molecule has 0 unspecified atom stereocenters. The Hall–Kier alpha value is -0.330. The third kappa shape index (κ3) is 1.39. The Balaban J connectivity index is 2.94. The van der Waals surface area contributed by atoms with Crippen LogP contribution in [0.15, 0.2) is 4.99 Å². The summed E-state index contributed by atoms with van der Waals surface area (Å²) in [5, 5.41) is -0.464. The topological polar surface area (TPSA) is 70.0 Å². The van der Waals surface area contributed by atoms with E-state index in [2.05, 4.69) is 4.99 Å². The zero-order valence-corrected chi connectivity index (χ0v) is 6.43. The van der Waals surface area contributed by atoms with Gasteiger partial charge in [0.05, 0.1) is 13.1 Å². The van der Waals surface area contributed by atoms with Crippen molar-refractivity contribution < 1.29 is 13.0 Å². The Morgan fingerprint density at radius 3 is 2.50 bits per heavy atom. The second-order valence-corrected chi connectivity index (χ2v) is 3.45. The lowest BCUT2D eigenvalue weighted by molar-refractivity contribution is 0.494. The highest BCUT2D eigenvalue weighted by Crippen LogP contribution is 2.08. The fraction of sp³-hybridized carbons (Fsp3) is 0.667. The van der Waals surface area contributed by atoms with Gasteiger partial charge in [-0.2, -0.15) is 8.42 Å². The van der Waals surface area contributed by atoms with Gasteiger partial charge in [-0.05, 0) is 0 Å². The van der Waals surface area contributed by atoms with E-state index < -0.39 is 15.3 Å². The van der Waals surface area contributed by atoms with E-state index in [0.29, 0.717) is 13.1 Å². The van der Waals surface area contributed by atoms with Crippen LogP contribution in [-0.4, -0.2) is 35.6 Å². The molecule has 0 aromatic carbocycles. The maximum Gasteiger partial charge on any atom is 0.329 e. The van der Waals surface area contributed by atoms with Crippen LogP contribution >= 0.6 is 11.8 Å². The Labute approximate surface area is 63.2 Å². The van der Waals surface area contributed by atoms with Gasteiger partial charge in [0.15, 0.2) is 0 Å². The molecule has 1 rings (SSSR count). The summed E-state index contributed by atoms with van der Waals surface area (Å²) < 4.78 is 30.0. The molecule has 0 aromatic rings. The van der Waals surface area contributed by atoms with Crippen molar-refractivity contribution in [2.45, 2.75) is 0 Å². The fourth-order valence-electron chi connectivity index (χ4n) is 0.613. The molecule has 10 heavy (non-hydrogen) atoms. The third-order valence-electron chi connectivity index (χ3n) is 0.982. The molecule has 5 nitrogen and oxygen atoms in total. The average molecular weight is 185 g/mol. The van der Waals surface area contributed by atoms with Gasteiger partial charge in [0.1, 0.15) is 0 Å². The highest BCUT2D eigenvalue weighted by atomic mass is 35.5. The lowest BCUT2D eigenvalue weighted by Crippen LogP contribution is -2.25. The Morgan fingerprint density at radius 2 is 2.30 bits per heavy atom. The molecule has 7 heteroatoms. The van der Waals surface area contributed by atoms with Crippen molar-refractivity contribution in [2.24, 2.45) is 4.99 Å². The van der Waals surface area contributed by atoms with E-state index in [4.69, 9.17) is 16.3 Å². The summed E-state index contributed by atoms with van der Waals surface area (Å²) in [6.07, 6.45) is 0. The van der Waals surface area contributed by atoms with Crippen LogP contribution in [0.4, 0.5) is 0 Å². The minimum absolute atomic E-state index is 0.304. The number of halogens is 1. The van der Waals surface area contributed by atoms with Crippen LogP contribution in [0.5, 0.6) is 0 Å². The van der Waals surface area contributed by atoms with Crippen molar-refractivity contribution in [1.29, 1.82) is 0 Å². The molecule has 0 radical (unpaired) electrons. The van der Waals surface area contributed by atoms with Gasteiger partial charge in [-0.3, -0.25) is 14.0 Å². The van der Waals surface area contributed by atoms with Crippen molar-refractivity contribution >= 4 is 27.1 Å². The molecule has 0 amide bonds. The second-order valence-electron chi connectivity index (χ2n) is 1.73. The molecule has 1 aliphatic rings. The number of hydrogen-bond donors (Lipinski definition) is 1. The van der Waals surface area contributed by atoms with Gasteiger partial charge in [0, 0.05) is 11.8 Å². The van der Waals surface area contributed by atoms with E-state index in [1.165, 1.54) is 0 Å². The summed E-state index contributed by atoms with van der Waals surface area (Å²) in [5.41, 5.74) is 0. The summed E-state index contributed by atoms with van der Waals surface area (Å²) in [6, 6.07) is 0. The van der Waals surface area contributed by atoms with Gasteiger partial charge in [-0.1, -0.05) is 0 Å². The summed E-state index contributed by atoms with van der Waals surface area (Å²) in [4.78, 5) is 3.46. The van der Waals surface area contributed by atoms with Gasteiger partial charge in [-0.25, -0.2) is 0 Å². The van der Waals surface area contributed by atoms with E-state index in [9.17, 15) is 8.42 Å². The van der Waals surface area contributed by atoms with Gasteiger partial charge < -0.3 is 0 Å². The van der Waals surface area contributed by atoms with Crippen LogP contribution in [0.2, 0.25) is 0 Å². The number of rotatable bonds is 0. The monoisotopic (exact) mass is 184 g/mol. The molecular weight excluding hydrogens is 180 g/mol. The van der Waals surface area contributed by atoms with Crippen LogP contribution < -0.4 is 0 Å². The van der Waals surface area contributed by atoms with Crippen molar-refractivity contribution in [3.05, 3.63) is 0 Å². The first kappa shape index (κ1) is 7.77. The molecule has 0 saturated heterocycles. The first-order valence-corrected chi connectivity index (χ1v) is 4.25. The van der Waals surface area contributed by atoms with Gasteiger partial charge in [0.25, 0.3) is 5.17 Å². The Bertz CT molecular complexity index is 259. The molecule has 0 aromatic heterocycles. The Kier molecular flexibility index (Phi) is 1.84. The van der Waals surface area contributed by atoms with Gasteiger partial charge >= 0.3 is 10.1 Å². The standard InChI is InChI=1S/C3H5ClN2O3S/c4-6-2-1-5-3(6)10(7,8)9/h1-2H2,(H,7,8,9). The maximum atomic E-state index is 10.3. The maximum absolute atomic E-state index is 10.3. The van der Waals surface area contributed by atoms with E-state index in [0.717, 1.165) is 4.42 Å². The van der Waals surface area contributed by atoms with Crippen molar-refractivity contribution in [2.75, 3.05) is 13.1 Å². The highest BCUT2D eigenvalue weighted by Gasteiger charge is 2.25. The molecule has 0 atom stereocenters. The van der Waals surface area contributed by atoms with E-state index in [1.807, 2.05) is 0 Å². The molecule has 1 heterocycles. The molecule has 0 saturated carbocycles. The van der Waals surface area contributed by atoms with E-state index >= 15 is 0 Å². The second kappa shape index (κ2) is 2.37. The quantitative estimate of drug-likeness (QED) is 0.415. The molecule has 0 aliphatic carbocycles. The van der Waals surface area contributed by atoms with E-state index in [1.54, 1.807) is 0 Å². The predicted molar refractivity (Wildman–Crippen MR) is 36.4 cm³/mol. The lowest BCUT2D eigenvalue weighted by Gasteiger charge is -2.05. The van der Waals surface area contributed by atoms with Crippen molar-refractivity contribution in [3.8, 4) is 0 Å². The molecule has 0 fully saturated rings. The zero-order chi connectivity index (χ0) is 7.78. The summed E-state index contributed by atoms with van der Waals surface area (Å²) in [5.74, 6) is 0. The van der Waals surface area contributed by atoms with Crippen LogP contribution in [0.25, 0.3) is 0 Å². The van der Waals surface area contributed by atoms with E-state index in [-0.39, 0.29) is 0 Å². The number of amidine groups is 1. The predicted octanol–water partition coefficient (Wildman–Crippen LogP) is -0.300. The molecular formula is C3H5ClN2O3S. The Morgan fingerprint density at radius 1 is 1.70 bits per heavy atom. The summed E-state index contributed by atoms with van der Waals surface area (Å²) >= 11 is 5.33. The molecule has 0 bridgehead atoms. The van der Waals surface area contributed by atoms with Crippen LogP contribution in [0.1, 0.15) is 0 Å². The minimum atomic E-state index is -4.21. The SMILES string of the molecule is O=S(=O)(O)C1=NCCN1Cl. The first-order chi connectivity index (χ1) is 4.52. The van der Waals surface area contributed by atoms with Crippen molar-refractivity contribution in [3.63, 3.8) is 0 Å². The number of nitrogens with zero attached hydrogens (tertiary/aromatic N) is 2. The number of hydrogen-bond acceptors (Lipinski definition) is 4. The van der Waals surface area contributed by atoms with Crippen molar-refractivity contribution in [1.82, 2.24) is 4.42 Å². The average Bonchev–Trinajstić information content (AvgIpc) is 2.11. The largest absolute Gasteiger partial charge is 0.329 e. The van der Waals surface area contributed by atoms with Crippen LogP contribution in [0, 0.1) is 0 Å². The lowest BCUT2D eigenvalue weighted by atomic mass is 10.7. The zero-order valence-electron chi connectivity index (χ0n) is 4.86. The molecule has 1 aliphatic heterocycles. The molecule has 1 N–H and O–H groups in total. The molecule has 58 valence electrons. The summed E-state index contributed by atoms with van der Waals surface area (Å²) in [7, 11) is -4.21. The summed E-state index contributed by atoms with van der Waals surface area (Å²) in [6.45, 7) is 0.620. The third-order valence-corrected chi connectivity index (χ3v) is 2.22. The molecule has 0 spiro atoms. The normalized spacial score (nSPS) is 19.4. The van der Waals surface area contributed by atoms with Crippen LogP contribution in [0.3, 0.4) is 0 Å². The van der Waals surface area contributed by atoms with Gasteiger partial charge in [0.2, 0.25) is 0 Å². The fourth-order valence-corrected chi connectivity index (χ4v) is 1.60. The highest BCUT2D eigenvalue weighted by molar-refractivity contribution is 8.01. The minimum Gasteiger partial charge on any atom is -0.279 e.